The minimum Gasteiger partial charge on any atom is -0.320 e. The van der Waals surface area contributed by atoms with Crippen LogP contribution in [-0.4, -0.2) is 9.13 Å². The van der Waals surface area contributed by atoms with Crippen LogP contribution >= 0.6 is 43.2 Å². The highest BCUT2D eigenvalue weighted by Gasteiger charge is 2.17. The first kappa shape index (κ1) is 15.0. The van der Waals surface area contributed by atoms with Gasteiger partial charge in [0.2, 0.25) is 0 Å². The molecule has 0 saturated carbocycles. The van der Waals surface area contributed by atoms with Crippen LogP contribution < -0.4 is 11.4 Å². The third-order valence-electron chi connectivity index (χ3n) is 3.67. The molecule has 0 aliphatic heterocycles. The summed E-state index contributed by atoms with van der Waals surface area (Å²) in [6.45, 7) is 0. The van der Waals surface area contributed by atoms with E-state index in [-0.39, 0.29) is 11.7 Å². The lowest BCUT2D eigenvalue weighted by molar-refractivity contribution is 0.795. The average Bonchev–Trinajstić information content (AvgIpc) is 2.97. The summed E-state index contributed by atoms with van der Waals surface area (Å²) in [5, 5.41) is 2.04. The Kier molecular flexibility index (Phi) is 3.85. The lowest BCUT2D eigenvalue weighted by Gasteiger charge is -2.13. The number of imidazole rings is 1. The number of benzene rings is 1. The second-order valence-electron chi connectivity index (χ2n) is 4.92. The minimum atomic E-state index is -0.235. The van der Waals surface area contributed by atoms with Crippen molar-refractivity contribution in [2.24, 2.45) is 19.8 Å². The Hall–Kier alpha value is -0.890. The van der Waals surface area contributed by atoms with Gasteiger partial charge < -0.3 is 5.73 Å². The SMILES string of the molecule is Cn1c(=O)n(C)c2cc(C(N)c3csc(Br)c3)c(Br)cc21. The summed E-state index contributed by atoms with van der Waals surface area (Å²) in [5.74, 6) is 0. The summed E-state index contributed by atoms with van der Waals surface area (Å²) < 4.78 is 5.24. The fraction of sp³-hybridized carbons (Fsp3) is 0.214. The fourth-order valence-corrected chi connectivity index (χ4v) is 4.23. The zero-order valence-corrected chi connectivity index (χ0v) is 15.4. The molecule has 3 aromatic rings. The van der Waals surface area contributed by atoms with Gasteiger partial charge in [-0.25, -0.2) is 4.79 Å². The van der Waals surface area contributed by atoms with E-state index in [2.05, 4.69) is 31.9 Å². The topological polar surface area (TPSA) is 53.0 Å². The van der Waals surface area contributed by atoms with Crippen molar-refractivity contribution in [2.45, 2.75) is 6.04 Å². The van der Waals surface area contributed by atoms with Crippen molar-refractivity contribution in [1.82, 2.24) is 9.13 Å². The molecule has 2 N–H and O–H groups in total. The second-order valence-corrected chi connectivity index (χ2v) is 8.07. The number of fused-ring (bicyclic) bond motifs is 1. The predicted octanol–water partition coefficient (Wildman–Crippen LogP) is 3.51. The van der Waals surface area contributed by atoms with Crippen LogP contribution in [0.5, 0.6) is 0 Å². The molecule has 110 valence electrons. The summed E-state index contributed by atoms with van der Waals surface area (Å²) >= 11 is 8.64. The van der Waals surface area contributed by atoms with Crippen molar-refractivity contribution in [1.29, 1.82) is 0 Å². The summed E-state index contributed by atoms with van der Waals surface area (Å²) in [7, 11) is 3.54. The molecule has 0 fully saturated rings. The molecular weight excluding hydrogens is 418 g/mol. The monoisotopic (exact) mass is 429 g/mol. The van der Waals surface area contributed by atoms with Gasteiger partial charge in [0.05, 0.1) is 20.9 Å². The molecule has 2 heterocycles. The smallest absolute Gasteiger partial charge is 0.320 e. The maximum Gasteiger partial charge on any atom is 0.328 e. The zero-order chi connectivity index (χ0) is 15.3. The number of nitrogens with zero attached hydrogens (tertiary/aromatic N) is 2. The van der Waals surface area contributed by atoms with E-state index < -0.39 is 0 Å². The highest BCUT2D eigenvalue weighted by molar-refractivity contribution is 9.11. The van der Waals surface area contributed by atoms with Crippen molar-refractivity contribution in [3.63, 3.8) is 0 Å². The first-order chi connectivity index (χ1) is 9.90. The number of hydrogen-bond donors (Lipinski definition) is 1. The second kappa shape index (κ2) is 5.39. The Bertz CT molecular complexity index is 894. The largest absolute Gasteiger partial charge is 0.328 e. The highest BCUT2D eigenvalue weighted by atomic mass is 79.9. The summed E-state index contributed by atoms with van der Waals surface area (Å²) in [6.07, 6.45) is 0. The van der Waals surface area contributed by atoms with Crippen LogP contribution in [0.1, 0.15) is 17.2 Å². The standard InChI is InChI=1S/C14H13Br2N3OS/c1-18-10-4-8(13(17)7-3-12(16)21-6-7)9(15)5-11(10)19(2)14(18)20/h3-6,13H,17H2,1-2H3. The quantitative estimate of drug-likeness (QED) is 0.676. The van der Waals surface area contributed by atoms with Gasteiger partial charge in [-0.15, -0.1) is 11.3 Å². The maximum absolute atomic E-state index is 12.0. The van der Waals surface area contributed by atoms with Gasteiger partial charge in [-0.2, -0.15) is 0 Å². The molecule has 7 heteroatoms. The Balaban J connectivity index is 2.21. The number of halogens is 2. The van der Waals surface area contributed by atoms with E-state index in [9.17, 15) is 4.79 Å². The molecule has 0 bridgehead atoms. The van der Waals surface area contributed by atoms with Gasteiger partial charge in [-0.3, -0.25) is 9.13 Å². The van der Waals surface area contributed by atoms with Crippen LogP contribution in [0.4, 0.5) is 0 Å². The van der Waals surface area contributed by atoms with E-state index in [1.165, 1.54) is 0 Å². The molecule has 4 nitrogen and oxygen atoms in total. The maximum atomic E-state index is 12.0. The van der Waals surface area contributed by atoms with E-state index >= 15 is 0 Å². The fourth-order valence-electron chi connectivity index (χ4n) is 2.44. The minimum absolute atomic E-state index is 0.0408. The molecule has 0 aliphatic carbocycles. The van der Waals surface area contributed by atoms with E-state index in [4.69, 9.17) is 5.73 Å². The van der Waals surface area contributed by atoms with Crippen molar-refractivity contribution >= 4 is 54.2 Å². The third-order valence-corrected chi connectivity index (χ3v) is 5.88. The molecule has 2 aromatic heterocycles. The van der Waals surface area contributed by atoms with Crippen LogP contribution in [0, 0.1) is 0 Å². The molecular formula is C14H13Br2N3OS. The van der Waals surface area contributed by atoms with Crippen molar-refractivity contribution in [3.8, 4) is 0 Å². The van der Waals surface area contributed by atoms with E-state index in [0.717, 1.165) is 30.4 Å². The molecule has 0 aliphatic rings. The Morgan fingerprint density at radius 3 is 2.33 bits per heavy atom. The molecule has 1 atom stereocenters. The van der Waals surface area contributed by atoms with Gasteiger partial charge in [-0.05, 0) is 50.6 Å². The van der Waals surface area contributed by atoms with Gasteiger partial charge in [0.25, 0.3) is 0 Å². The van der Waals surface area contributed by atoms with Crippen LogP contribution in [0.3, 0.4) is 0 Å². The zero-order valence-electron chi connectivity index (χ0n) is 11.4. The number of nitrogens with two attached hydrogens (primary N) is 1. The summed E-state index contributed by atoms with van der Waals surface area (Å²) in [6, 6.07) is 5.72. The first-order valence-electron chi connectivity index (χ1n) is 6.24. The lowest BCUT2D eigenvalue weighted by Crippen LogP contribution is -2.19. The van der Waals surface area contributed by atoms with Crippen molar-refractivity contribution < 1.29 is 0 Å². The Morgan fingerprint density at radius 1 is 1.14 bits per heavy atom. The van der Waals surface area contributed by atoms with Crippen molar-refractivity contribution in [3.05, 3.63) is 53.4 Å². The number of aryl methyl sites for hydroxylation is 2. The Labute approximate surface area is 142 Å². The van der Waals surface area contributed by atoms with E-state index in [0.29, 0.717) is 0 Å². The van der Waals surface area contributed by atoms with Crippen molar-refractivity contribution in [2.75, 3.05) is 0 Å². The first-order valence-corrected chi connectivity index (χ1v) is 8.71. The van der Waals surface area contributed by atoms with Gasteiger partial charge in [0, 0.05) is 18.6 Å². The van der Waals surface area contributed by atoms with Gasteiger partial charge >= 0.3 is 5.69 Å². The molecule has 1 aromatic carbocycles. The van der Waals surface area contributed by atoms with E-state index in [1.54, 1.807) is 34.6 Å². The normalized spacial score (nSPS) is 13.0. The van der Waals surface area contributed by atoms with Gasteiger partial charge in [-0.1, -0.05) is 15.9 Å². The molecule has 0 saturated heterocycles. The number of hydrogen-bond acceptors (Lipinski definition) is 3. The van der Waals surface area contributed by atoms with Crippen LogP contribution in [0.25, 0.3) is 11.0 Å². The molecule has 0 amide bonds. The molecule has 0 radical (unpaired) electrons. The number of aromatic nitrogens is 2. The van der Waals surface area contributed by atoms with Gasteiger partial charge in [0.1, 0.15) is 0 Å². The predicted molar refractivity (Wildman–Crippen MR) is 93.9 cm³/mol. The van der Waals surface area contributed by atoms with Crippen LogP contribution in [-0.2, 0) is 14.1 Å². The number of thiophene rings is 1. The average molecular weight is 431 g/mol. The molecule has 3 rings (SSSR count). The summed E-state index contributed by atoms with van der Waals surface area (Å²) in [4.78, 5) is 12.0. The van der Waals surface area contributed by atoms with Crippen LogP contribution in [0.2, 0.25) is 0 Å². The Morgan fingerprint density at radius 2 is 1.76 bits per heavy atom. The molecule has 21 heavy (non-hydrogen) atoms. The number of rotatable bonds is 2. The highest BCUT2D eigenvalue weighted by Crippen LogP contribution is 2.33. The van der Waals surface area contributed by atoms with Gasteiger partial charge in [0.15, 0.2) is 0 Å². The molecule has 0 spiro atoms. The summed E-state index contributed by atoms with van der Waals surface area (Å²) in [5.41, 5.74) is 10.1. The molecule has 1 unspecified atom stereocenters. The van der Waals surface area contributed by atoms with E-state index in [1.807, 2.05) is 23.6 Å². The third kappa shape index (κ3) is 2.42. The lowest BCUT2D eigenvalue weighted by atomic mass is 10.0. The van der Waals surface area contributed by atoms with Crippen LogP contribution in [0.15, 0.2) is 36.6 Å².